The standard InChI is InChI=1S/C12H19N3O2S/c1-8-4-9(12(13)18)5-11(15-8)14-6-10(17-3)7-16-2/h4-5,10H,6-7H2,1-3H3,(H2,13,18)(H,14,15). The van der Waals surface area contributed by atoms with Gasteiger partial charge in [-0.3, -0.25) is 0 Å². The van der Waals surface area contributed by atoms with Crippen molar-refractivity contribution in [2.24, 2.45) is 5.73 Å². The molecule has 0 saturated carbocycles. The largest absolute Gasteiger partial charge is 0.389 e. The summed E-state index contributed by atoms with van der Waals surface area (Å²) in [5.74, 6) is 0.732. The van der Waals surface area contributed by atoms with Gasteiger partial charge in [0.1, 0.15) is 10.8 Å². The maximum atomic E-state index is 5.61. The Hall–Kier alpha value is -1.24. The van der Waals surface area contributed by atoms with E-state index in [-0.39, 0.29) is 6.10 Å². The molecule has 6 heteroatoms. The highest BCUT2D eigenvalue weighted by Gasteiger charge is 2.08. The van der Waals surface area contributed by atoms with E-state index in [4.69, 9.17) is 27.4 Å². The number of methoxy groups -OCH3 is 2. The molecule has 0 aliphatic rings. The molecule has 3 N–H and O–H groups in total. The van der Waals surface area contributed by atoms with Crippen molar-refractivity contribution in [3.63, 3.8) is 0 Å². The van der Waals surface area contributed by atoms with Crippen LogP contribution < -0.4 is 11.1 Å². The van der Waals surface area contributed by atoms with Gasteiger partial charge in [0.2, 0.25) is 0 Å². The third-order valence-corrected chi connectivity index (χ3v) is 2.67. The number of hydrogen-bond acceptors (Lipinski definition) is 5. The van der Waals surface area contributed by atoms with Gasteiger partial charge < -0.3 is 20.5 Å². The molecule has 0 aromatic carbocycles. The fraction of sp³-hybridized carbons (Fsp3) is 0.500. The minimum Gasteiger partial charge on any atom is -0.389 e. The molecule has 1 aromatic rings. The van der Waals surface area contributed by atoms with Gasteiger partial charge in [0, 0.05) is 32.0 Å². The lowest BCUT2D eigenvalue weighted by molar-refractivity contribution is 0.0365. The summed E-state index contributed by atoms with van der Waals surface area (Å²) < 4.78 is 10.3. The number of ether oxygens (including phenoxy) is 2. The molecule has 1 atom stereocenters. The quantitative estimate of drug-likeness (QED) is 0.722. The third kappa shape index (κ3) is 4.56. The zero-order valence-corrected chi connectivity index (χ0v) is 11.7. The summed E-state index contributed by atoms with van der Waals surface area (Å²) in [6.45, 7) is 3.03. The molecule has 0 saturated heterocycles. The van der Waals surface area contributed by atoms with Gasteiger partial charge in [0.25, 0.3) is 0 Å². The van der Waals surface area contributed by atoms with E-state index in [1.807, 2.05) is 19.1 Å². The zero-order valence-electron chi connectivity index (χ0n) is 10.9. The van der Waals surface area contributed by atoms with Crippen LogP contribution in [0.1, 0.15) is 11.3 Å². The first-order valence-corrected chi connectivity index (χ1v) is 6.01. The molecule has 1 unspecified atom stereocenters. The lowest BCUT2D eigenvalue weighted by Crippen LogP contribution is -2.27. The van der Waals surface area contributed by atoms with Gasteiger partial charge in [0.05, 0.1) is 12.7 Å². The van der Waals surface area contributed by atoms with Crippen LogP contribution in [0.2, 0.25) is 0 Å². The number of anilines is 1. The van der Waals surface area contributed by atoms with Crippen LogP contribution in [0, 0.1) is 6.92 Å². The maximum absolute atomic E-state index is 5.61. The van der Waals surface area contributed by atoms with Crippen molar-refractivity contribution >= 4 is 23.0 Å². The number of pyridine rings is 1. The van der Waals surface area contributed by atoms with Crippen LogP contribution in [0.15, 0.2) is 12.1 Å². The van der Waals surface area contributed by atoms with Crippen molar-refractivity contribution in [1.82, 2.24) is 4.98 Å². The van der Waals surface area contributed by atoms with Crippen molar-refractivity contribution in [3.8, 4) is 0 Å². The lowest BCUT2D eigenvalue weighted by atomic mass is 10.2. The van der Waals surface area contributed by atoms with Crippen LogP contribution in [-0.2, 0) is 9.47 Å². The molecule has 0 radical (unpaired) electrons. The van der Waals surface area contributed by atoms with Crippen LogP contribution in [0.5, 0.6) is 0 Å². The topological polar surface area (TPSA) is 69.4 Å². The van der Waals surface area contributed by atoms with Gasteiger partial charge in [-0.15, -0.1) is 0 Å². The van der Waals surface area contributed by atoms with E-state index in [1.54, 1.807) is 14.2 Å². The molecule has 18 heavy (non-hydrogen) atoms. The van der Waals surface area contributed by atoms with Crippen molar-refractivity contribution in [2.45, 2.75) is 13.0 Å². The van der Waals surface area contributed by atoms with Gasteiger partial charge in [-0.1, -0.05) is 12.2 Å². The van der Waals surface area contributed by atoms with Crippen LogP contribution in [0.4, 0.5) is 5.82 Å². The predicted octanol–water partition coefficient (Wildman–Crippen LogP) is 1.10. The summed E-state index contributed by atoms with van der Waals surface area (Å²) in [5.41, 5.74) is 7.28. The summed E-state index contributed by atoms with van der Waals surface area (Å²) in [6.07, 6.45) is -0.0226. The second-order valence-corrected chi connectivity index (χ2v) is 4.38. The summed E-state index contributed by atoms with van der Waals surface area (Å²) in [5, 5.41) is 3.19. The smallest absolute Gasteiger partial charge is 0.126 e. The van der Waals surface area contributed by atoms with Gasteiger partial charge in [0.15, 0.2) is 0 Å². The Morgan fingerprint density at radius 3 is 2.78 bits per heavy atom. The Morgan fingerprint density at radius 1 is 1.50 bits per heavy atom. The predicted molar refractivity (Wildman–Crippen MR) is 76.0 cm³/mol. The Balaban J connectivity index is 2.69. The molecular weight excluding hydrogens is 250 g/mol. The highest BCUT2D eigenvalue weighted by molar-refractivity contribution is 7.80. The summed E-state index contributed by atoms with van der Waals surface area (Å²) in [4.78, 5) is 4.72. The van der Waals surface area contributed by atoms with Crippen molar-refractivity contribution < 1.29 is 9.47 Å². The Morgan fingerprint density at radius 2 is 2.22 bits per heavy atom. The highest BCUT2D eigenvalue weighted by atomic mass is 32.1. The SMILES string of the molecule is COCC(CNc1cc(C(N)=S)cc(C)n1)OC. The van der Waals surface area contributed by atoms with Gasteiger partial charge in [-0.2, -0.15) is 0 Å². The minimum atomic E-state index is -0.0226. The van der Waals surface area contributed by atoms with E-state index in [0.29, 0.717) is 18.1 Å². The second kappa shape index (κ2) is 7.25. The van der Waals surface area contributed by atoms with Crippen LogP contribution in [0.3, 0.4) is 0 Å². The third-order valence-electron chi connectivity index (χ3n) is 2.43. The average molecular weight is 269 g/mol. The molecule has 0 fully saturated rings. The molecule has 1 heterocycles. The molecule has 0 aliphatic carbocycles. The summed E-state index contributed by atoms with van der Waals surface area (Å²) >= 11 is 4.96. The Kier molecular flexibility index (Phi) is 5.97. The van der Waals surface area contributed by atoms with E-state index in [1.165, 1.54) is 0 Å². The minimum absolute atomic E-state index is 0.0226. The number of aryl methyl sites for hydroxylation is 1. The first-order valence-electron chi connectivity index (χ1n) is 5.61. The van der Waals surface area contributed by atoms with E-state index in [2.05, 4.69) is 10.3 Å². The summed E-state index contributed by atoms with van der Waals surface area (Å²) in [6, 6.07) is 3.69. The number of nitrogens with one attached hydrogen (secondary N) is 1. The van der Waals surface area contributed by atoms with E-state index in [9.17, 15) is 0 Å². The number of nitrogens with zero attached hydrogens (tertiary/aromatic N) is 1. The van der Waals surface area contributed by atoms with E-state index in [0.717, 1.165) is 17.1 Å². The van der Waals surface area contributed by atoms with Gasteiger partial charge in [-0.25, -0.2) is 4.98 Å². The Labute approximate surface area is 113 Å². The molecule has 1 aromatic heterocycles. The number of nitrogens with two attached hydrogens (primary N) is 1. The van der Waals surface area contributed by atoms with E-state index < -0.39 is 0 Å². The number of aromatic nitrogens is 1. The normalized spacial score (nSPS) is 12.2. The summed E-state index contributed by atoms with van der Waals surface area (Å²) in [7, 11) is 3.29. The van der Waals surface area contributed by atoms with Crippen molar-refractivity contribution in [2.75, 3.05) is 32.7 Å². The molecule has 0 spiro atoms. The molecule has 5 nitrogen and oxygen atoms in total. The highest BCUT2D eigenvalue weighted by Crippen LogP contribution is 2.10. The van der Waals surface area contributed by atoms with E-state index >= 15 is 0 Å². The van der Waals surface area contributed by atoms with Crippen molar-refractivity contribution in [1.29, 1.82) is 0 Å². The molecular formula is C12H19N3O2S. The average Bonchev–Trinajstić information content (AvgIpc) is 2.33. The van der Waals surface area contributed by atoms with Crippen LogP contribution >= 0.6 is 12.2 Å². The maximum Gasteiger partial charge on any atom is 0.126 e. The molecule has 100 valence electrons. The van der Waals surface area contributed by atoms with Crippen molar-refractivity contribution in [3.05, 3.63) is 23.4 Å². The first kappa shape index (κ1) is 14.8. The molecule has 0 bridgehead atoms. The first-order chi connectivity index (χ1) is 8.56. The zero-order chi connectivity index (χ0) is 13.5. The second-order valence-electron chi connectivity index (χ2n) is 3.94. The molecule has 0 aliphatic heterocycles. The van der Waals surface area contributed by atoms with Crippen LogP contribution in [-0.4, -0.2) is 43.4 Å². The Bertz CT molecular complexity index is 412. The fourth-order valence-corrected chi connectivity index (χ4v) is 1.63. The van der Waals surface area contributed by atoms with Crippen LogP contribution in [0.25, 0.3) is 0 Å². The number of hydrogen-bond donors (Lipinski definition) is 2. The number of thiocarbonyl (C=S) groups is 1. The van der Waals surface area contributed by atoms with Gasteiger partial charge in [-0.05, 0) is 19.1 Å². The molecule has 1 rings (SSSR count). The fourth-order valence-electron chi connectivity index (χ4n) is 1.52. The number of rotatable bonds is 7. The van der Waals surface area contributed by atoms with Gasteiger partial charge >= 0.3 is 0 Å². The monoisotopic (exact) mass is 269 g/mol. The lowest BCUT2D eigenvalue weighted by Gasteiger charge is -2.16. The molecule has 0 amide bonds.